The monoisotopic (exact) mass is 552 g/mol. The number of rotatable bonds is 4. The smallest absolute Gasteiger partial charge is 0.392 e. The number of H-pyrrole nitrogens is 1. The molecular weight excluding hydrogens is 524 g/mol. The molecule has 0 saturated carbocycles. The van der Waals surface area contributed by atoms with Gasteiger partial charge in [0, 0.05) is 54.9 Å². The van der Waals surface area contributed by atoms with Crippen LogP contribution in [0, 0.1) is 13.8 Å². The molecule has 0 saturated heterocycles. The number of hydrogen-bond donors (Lipinski definition) is 2. The number of nitrogens with one attached hydrogen (secondary N) is 1. The highest BCUT2D eigenvalue weighted by molar-refractivity contribution is 5.73. The number of fused-ring (bicyclic) bond motifs is 2. The molecule has 208 valence electrons. The van der Waals surface area contributed by atoms with Gasteiger partial charge in [0.05, 0.1) is 35.2 Å². The van der Waals surface area contributed by atoms with Gasteiger partial charge in [0.1, 0.15) is 5.67 Å². The highest BCUT2D eigenvalue weighted by Crippen LogP contribution is 2.49. The Morgan fingerprint density at radius 2 is 1.82 bits per heavy atom. The second-order valence-corrected chi connectivity index (χ2v) is 10.6. The van der Waals surface area contributed by atoms with Gasteiger partial charge in [-0.1, -0.05) is 18.2 Å². The maximum atomic E-state index is 16.7. The van der Waals surface area contributed by atoms with Crippen molar-refractivity contribution in [2.24, 2.45) is 0 Å². The van der Waals surface area contributed by atoms with Gasteiger partial charge in [0.25, 0.3) is 0 Å². The van der Waals surface area contributed by atoms with Crippen LogP contribution in [0.5, 0.6) is 0 Å². The van der Waals surface area contributed by atoms with Crippen molar-refractivity contribution in [3.8, 4) is 5.69 Å². The largest absolute Gasteiger partial charge is 0.419 e. The normalized spacial score (nSPS) is 20.8. The minimum absolute atomic E-state index is 0.167. The Kier molecular flexibility index (Phi) is 6.10. The molecule has 0 fully saturated rings. The number of hydrogen-bond acceptors (Lipinski definition) is 5. The minimum Gasteiger partial charge on any atom is -0.392 e. The van der Waals surface area contributed by atoms with Gasteiger partial charge >= 0.3 is 6.18 Å². The van der Waals surface area contributed by atoms with Crippen LogP contribution in [0.25, 0.3) is 11.3 Å². The van der Waals surface area contributed by atoms with Crippen LogP contribution in [0.4, 0.5) is 23.5 Å². The SMILES string of the molecule is Cc1cccc(C)c1-n1nc2c(c1C1c3cc[nH]c3C(CO)=CC1(C)F)CN(c1ncc(C(F)(F)F)cn1)CC2. The molecule has 2 unspecified atom stereocenters. The summed E-state index contributed by atoms with van der Waals surface area (Å²) in [5, 5.41) is 15.0. The minimum atomic E-state index is -4.53. The summed E-state index contributed by atoms with van der Waals surface area (Å²) >= 11 is 0. The summed E-state index contributed by atoms with van der Waals surface area (Å²) in [7, 11) is 0. The van der Waals surface area contributed by atoms with Crippen molar-refractivity contribution in [2.75, 3.05) is 18.1 Å². The summed E-state index contributed by atoms with van der Waals surface area (Å²) in [6.45, 7) is 5.85. The summed E-state index contributed by atoms with van der Waals surface area (Å²) in [5.74, 6) is -0.603. The molecular formula is C29H28F4N6O. The van der Waals surface area contributed by atoms with Crippen LogP contribution in [0.3, 0.4) is 0 Å². The van der Waals surface area contributed by atoms with E-state index in [0.717, 1.165) is 40.5 Å². The molecule has 2 N–H and O–H groups in total. The average molecular weight is 553 g/mol. The summed E-state index contributed by atoms with van der Waals surface area (Å²) in [6.07, 6.45) is 0.715. The lowest BCUT2D eigenvalue weighted by Crippen LogP contribution is -2.36. The van der Waals surface area contributed by atoms with E-state index in [1.54, 1.807) is 11.1 Å². The molecule has 11 heteroatoms. The van der Waals surface area contributed by atoms with Gasteiger partial charge in [-0.25, -0.2) is 19.0 Å². The average Bonchev–Trinajstić information content (AvgIpc) is 3.52. The number of alkyl halides is 4. The Balaban J connectivity index is 1.53. The quantitative estimate of drug-likeness (QED) is 0.330. The Labute approximate surface area is 228 Å². The predicted molar refractivity (Wildman–Crippen MR) is 142 cm³/mol. The zero-order valence-electron chi connectivity index (χ0n) is 22.2. The van der Waals surface area contributed by atoms with E-state index in [1.165, 1.54) is 13.0 Å². The van der Waals surface area contributed by atoms with E-state index in [9.17, 15) is 18.3 Å². The van der Waals surface area contributed by atoms with E-state index in [4.69, 9.17) is 5.10 Å². The standard InChI is InChI=1S/C29H28F4N6O/c1-16-5-4-6-17(2)25(16)39-26(23-20-7-9-34-24(20)18(15-40)11-28(23,3)30)21-14-38(10-8-22(21)37-39)27-35-12-19(13-36-27)29(31,32)33/h4-7,9,11-13,23,34,40H,8,10,14-15H2,1-3H3. The topological polar surface area (TPSA) is 82.9 Å². The van der Waals surface area contributed by atoms with Crippen molar-refractivity contribution in [1.29, 1.82) is 0 Å². The summed E-state index contributed by atoms with van der Waals surface area (Å²) in [6, 6.07) is 7.75. The van der Waals surface area contributed by atoms with E-state index >= 15 is 4.39 Å². The molecule has 40 heavy (non-hydrogen) atoms. The van der Waals surface area contributed by atoms with Gasteiger partial charge in [-0.3, -0.25) is 0 Å². The van der Waals surface area contributed by atoms with Gasteiger partial charge in [0.15, 0.2) is 0 Å². The second-order valence-electron chi connectivity index (χ2n) is 10.6. The molecule has 4 heterocycles. The number of anilines is 1. The summed E-state index contributed by atoms with van der Waals surface area (Å²) in [5.41, 5.74) is 4.11. The number of benzene rings is 1. The fourth-order valence-corrected chi connectivity index (χ4v) is 6.04. The maximum absolute atomic E-state index is 16.7. The molecule has 2 atom stereocenters. The third kappa shape index (κ3) is 4.19. The Bertz CT molecular complexity index is 1600. The molecule has 0 spiro atoms. The molecule has 0 radical (unpaired) electrons. The predicted octanol–water partition coefficient (Wildman–Crippen LogP) is 5.44. The summed E-state index contributed by atoms with van der Waals surface area (Å²) in [4.78, 5) is 13.0. The number of allylic oxidation sites excluding steroid dienone is 1. The highest BCUT2D eigenvalue weighted by Gasteiger charge is 2.45. The van der Waals surface area contributed by atoms with Gasteiger partial charge in [-0.2, -0.15) is 18.3 Å². The molecule has 0 amide bonds. The zero-order chi connectivity index (χ0) is 28.4. The van der Waals surface area contributed by atoms with Crippen LogP contribution < -0.4 is 4.90 Å². The van der Waals surface area contributed by atoms with Crippen LogP contribution in [-0.4, -0.2) is 48.7 Å². The van der Waals surface area contributed by atoms with Crippen molar-refractivity contribution in [2.45, 2.75) is 51.5 Å². The Morgan fingerprint density at radius 3 is 2.48 bits per heavy atom. The van der Waals surface area contributed by atoms with Gasteiger partial charge < -0.3 is 15.0 Å². The number of aliphatic hydroxyl groups is 1. The van der Waals surface area contributed by atoms with Crippen molar-refractivity contribution in [3.63, 3.8) is 0 Å². The van der Waals surface area contributed by atoms with Crippen molar-refractivity contribution in [3.05, 3.63) is 93.8 Å². The first-order valence-corrected chi connectivity index (χ1v) is 13.0. The number of aryl methyl sites for hydroxylation is 2. The molecule has 1 aliphatic carbocycles. The Morgan fingerprint density at radius 1 is 1.12 bits per heavy atom. The van der Waals surface area contributed by atoms with Crippen LogP contribution in [0.2, 0.25) is 0 Å². The van der Waals surface area contributed by atoms with Crippen LogP contribution >= 0.6 is 0 Å². The molecule has 1 aliphatic heterocycles. The lowest BCUT2D eigenvalue weighted by molar-refractivity contribution is -0.138. The molecule has 0 bridgehead atoms. The van der Waals surface area contributed by atoms with Crippen molar-refractivity contribution >= 4 is 11.5 Å². The third-order valence-electron chi connectivity index (χ3n) is 7.85. The van der Waals surface area contributed by atoms with Gasteiger partial charge in [-0.15, -0.1) is 0 Å². The molecule has 6 rings (SSSR count). The Hall–Kier alpha value is -3.99. The number of halogens is 4. The number of nitrogens with zero attached hydrogens (tertiary/aromatic N) is 5. The number of aliphatic hydroxyl groups excluding tert-OH is 1. The first-order chi connectivity index (χ1) is 19.0. The lowest BCUT2D eigenvalue weighted by Gasteiger charge is -2.36. The van der Waals surface area contributed by atoms with E-state index in [1.807, 2.05) is 42.8 Å². The fourth-order valence-electron chi connectivity index (χ4n) is 6.04. The molecule has 2 aliphatic rings. The first kappa shape index (κ1) is 26.2. The molecule has 7 nitrogen and oxygen atoms in total. The van der Waals surface area contributed by atoms with E-state index in [0.29, 0.717) is 35.5 Å². The number of para-hydroxylation sites is 1. The van der Waals surface area contributed by atoms with Crippen molar-refractivity contribution in [1.82, 2.24) is 24.7 Å². The second kappa shape index (κ2) is 9.29. The molecule has 4 aromatic rings. The zero-order valence-corrected chi connectivity index (χ0v) is 22.2. The molecule has 3 aromatic heterocycles. The fraction of sp³-hybridized carbons (Fsp3) is 0.345. The first-order valence-electron chi connectivity index (χ1n) is 13.0. The van der Waals surface area contributed by atoms with E-state index < -0.39 is 23.3 Å². The number of aromatic nitrogens is 5. The van der Waals surface area contributed by atoms with Crippen molar-refractivity contribution < 1.29 is 22.7 Å². The van der Waals surface area contributed by atoms with Gasteiger partial charge in [-0.05, 0) is 49.6 Å². The highest BCUT2D eigenvalue weighted by atomic mass is 19.4. The third-order valence-corrected chi connectivity index (χ3v) is 7.85. The van der Waals surface area contributed by atoms with Crippen LogP contribution in [0.15, 0.2) is 48.9 Å². The lowest BCUT2D eigenvalue weighted by atomic mass is 9.74. The maximum Gasteiger partial charge on any atom is 0.419 e. The van der Waals surface area contributed by atoms with Crippen LogP contribution in [0.1, 0.15) is 57.7 Å². The summed E-state index contributed by atoms with van der Waals surface area (Å²) < 4.78 is 57.9. The van der Waals surface area contributed by atoms with E-state index in [2.05, 4.69) is 15.0 Å². The van der Waals surface area contributed by atoms with Gasteiger partial charge in [0.2, 0.25) is 5.95 Å². The van der Waals surface area contributed by atoms with E-state index in [-0.39, 0.29) is 19.1 Å². The molecule has 1 aromatic carbocycles. The number of aromatic amines is 1. The van der Waals surface area contributed by atoms with Crippen LogP contribution in [-0.2, 0) is 19.1 Å².